The maximum atomic E-state index is 10.3. The van der Waals surface area contributed by atoms with Gasteiger partial charge in [-0.05, 0) is 30.2 Å². The molecule has 136 valence electrons. The summed E-state index contributed by atoms with van der Waals surface area (Å²) in [6.07, 6.45) is 4.17. The quantitative estimate of drug-likeness (QED) is 0.641. The normalized spacial score (nSPS) is 14.7. The van der Waals surface area contributed by atoms with Crippen molar-refractivity contribution < 1.29 is 9.84 Å². The van der Waals surface area contributed by atoms with Crippen LogP contribution in [0.2, 0.25) is 0 Å². The second-order valence-corrected chi connectivity index (χ2v) is 6.20. The van der Waals surface area contributed by atoms with E-state index < -0.39 is 0 Å². The molecule has 5 nitrogen and oxygen atoms in total. The number of ether oxygens (including phenoxy) is 1. The number of nitrogens with zero attached hydrogens (tertiary/aromatic N) is 3. The van der Waals surface area contributed by atoms with Crippen LogP contribution in [0, 0.1) is 0 Å². The van der Waals surface area contributed by atoms with Gasteiger partial charge < -0.3 is 14.7 Å². The van der Waals surface area contributed by atoms with Gasteiger partial charge in [0, 0.05) is 18.7 Å². The summed E-state index contributed by atoms with van der Waals surface area (Å²) >= 11 is 0. The van der Waals surface area contributed by atoms with Crippen molar-refractivity contribution >= 4 is 11.9 Å². The summed E-state index contributed by atoms with van der Waals surface area (Å²) in [6.45, 7) is 7.12. The molecule has 0 atom stereocenters. The number of phenols is 1. The molecule has 1 aliphatic heterocycles. The van der Waals surface area contributed by atoms with Crippen LogP contribution in [0.4, 0.5) is 5.69 Å². The van der Waals surface area contributed by atoms with E-state index in [-0.39, 0.29) is 5.75 Å². The number of allylic oxidation sites excluding steroid dienone is 1. The molecule has 0 spiro atoms. The molecule has 0 saturated carbocycles. The van der Waals surface area contributed by atoms with Crippen molar-refractivity contribution in [3.63, 3.8) is 0 Å². The molecular weight excluding hydrogens is 326 g/mol. The zero-order valence-corrected chi connectivity index (χ0v) is 15.1. The van der Waals surface area contributed by atoms with Gasteiger partial charge in [-0.2, -0.15) is 5.10 Å². The molecule has 0 aliphatic carbocycles. The molecule has 5 heteroatoms. The Morgan fingerprint density at radius 1 is 1.12 bits per heavy atom. The van der Waals surface area contributed by atoms with Crippen LogP contribution in [0.25, 0.3) is 0 Å². The minimum atomic E-state index is 0.281. The Balaban J connectivity index is 1.63. The van der Waals surface area contributed by atoms with Gasteiger partial charge in [0.25, 0.3) is 0 Å². The van der Waals surface area contributed by atoms with Crippen LogP contribution in [0.15, 0.2) is 60.2 Å². The molecule has 2 aromatic carbocycles. The first-order valence-electron chi connectivity index (χ1n) is 8.81. The van der Waals surface area contributed by atoms with Gasteiger partial charge in [0.05, 0.1) is 32.1 Å². The molecule has 0 amide bonds. The van der Waals surface area contributed by atoms with E-state index in [2.05, 4.69) is 22.6 Å². The Hall–Kier alpha value is -2.95. The predicted molar refractivity (Wildman–Crippen MR) is 106 cm³/mol. The largest absolute Gasteiger partial charge is 0.507 e. The smallest absolute Gasteiger partial charge is 0.142 e. The SMILES string of the molecule is C=CCc1cccc(/C=N\N2CCN(c3ccccc3OC)CC2)c1O. The minimum absolute atomic E-state index is 0.281. The highest BCUT2D eigenvalue weighted by Gasteiger charge is 2.18. The zero-order chi connectivity index (χ0) is 18.4. The molecule has 0 unspecified atom stereocenters. The number of para-hydroxylation sites is 3. The molecule has 1 saturated heterocycles. The molecule has 1 heterocycles. The monoisotopic (exact) mass is 351 g/mol. The van der Waals surface area contributed by atoms with Crippen molar-refractivity contribution in [3.8, 4) is 11.5 Å². The van der Waals surface area contributed by atoms with Gasteiger partial charge in [0.2, 0.25) is 0 Å². The summed E-state index contributed by atoms with van der Waals surface area (Å²) in [5, 5.41) is 16.9. The maximum absolute atomic E-state index is 10.3. The van der Waals surface area contributed by atoms with E-state index in [1.165, 1.54) is 0 Å². The topological polar surface area (TPSA) is 48.3 Å². The lowest BCUT2D eigenvalue weighted by Crippen LogP contribution is -2.44. The lowest BCUT2D eigenvalue weighted by Gasteiger charge is -2.35. The molecule has 0 aromatic heterocycles. The van der Waals surface area contributed by atoms with Crippen LogP contribution >= 0.6 is 0 Å². The number of aromatic hydroxyl groups is 1. The van der Waals surface area contributed by atoms with Gasteiger partial charge in [0.1, 0.15) is 11.5 Å². The van der Waals surface area contributed by atoms with Crippen LogP contribution < -0.4 is 9.64 Å². The molecule has 0 bridgehead atoms. The first-order chi connectivity index (χ1) is 12.7. The first kappa shape index (κ1) is 17.9. The summed E-state index contributed by atoms with van der Waals surface area (Å²) in [7, 11) is 1.70. The van der Waals surface area contributed by atoms with Crippen LogP contribution in [-0.2, 0) is 6.42 Å². The summed E-state index contributed by atoms with van der Waals surface area (Å²) < 4.78 is 5.46. The van der Waals surface area contributed by atoms with E-state index in [4.69, 9.17) is 4.74 Å². The Labute approximate surface area is 154 Å². The van der Waals surface area contributed by atoms with Crippen molar-refractivity contribution in [2.45, 2.75) is 6.42 Å². The van der Waals surface area contributed by atoms with E-state index in [0.717, 1.165) is 48.7 Å². The average Bonchev–Trinajstić information content (AvgIpc) is 2.69. The predicted octanol–water partition coefficient (Wildman–Crippen LogP) is 3.29. The number of rotatable bonds is 6. The number of anilines is 1. The van der Waals surface area contributed by atoms with Crippen molar-refractivity contribution in [1.82, 2.24) is 5.01 Å². The number of benzene rings is 2. The Morgan fingerprint density at radius 2 is 1.88 bits per heavy atom. The summed E-state index contributed by atoms with van der Waals surface area (Å²) in [4.78, 5) is 2.31. The Bertz CT molecular complexity index is 781. The number of piperazine rings is 1. The molecule has 1 aliphatic rings. The highest BCUT2D eigenvalue weighted by atomic mass is 16.5. The fourth-order valence-corrected chi connectivity index (χ4v) is 3.12. The van der Waals surface area contributed by atoms with Crippen molar-refractivity contribution in [3.05, 3.63) is 66.2 Å². The third kappa shape index (κ3) is 3.99. The van der Waals surface area contributed by atoms with Gasteiger partial charge in [0.15, 0.2) is 0 Å². The molecule has 26 heavy (non-hydrogen) atoms. The van der Waals surface area contributed by atoms with Crippen molar-refractivity contribution in [1.29, 1.82) is 0 Å². The summed E-state index contributed by atoms with van der Waals surface area (Å²) in [5.41, 5.74) is 2.72. The Morgan fingerprint density at radius 3 is 2.62 bits per heavy atom. The summed E-state index contributed by atoms with van der Waals surface area (Å²) in [6, 6.07) is 13.8. The summed E-state index contributed by atoms with van der Waals surface area (Å²) in [5.74, 6) is 1.18. The first-order valence-corrected chi connectivity index (χ1v) is 8.81. The number of phenolic OH excluding ortho intramolecular Hbond substituents is 1. The highest BCUT2D eigenvalue weighted by molar-refractivity contribution is 5.83. The van der Waals surface area contributed by atoms with Crippen LogP contribution in [0.1, 0.15) is 11.1 Å². The van der Waals surface area contributed by atoms with E-state index in [0.29, 0.717) is 6.42 Å². The molecule has 2 aromatic rings. The standard InChI is InChI=1S/C21H25N3O2/c1-3-7-17-8-6-9-18(21(17)25)16-22-24-14-12-23(13-15-24)19-10-4-5-11-20(19)26-2/h3-6,8-11,16,25H,1,7,12-15H2,2H3/b22-16-. The lowest BCUT2D eigenvalue weighted by atomic mass is 10.1. The third-order valence-electron chi connectivity index (χ3n) is 4.56. The van der Waals surface area contributed by atoms with Crippen molar-refractivity contribution in [2.75, 3.05) is 38.2 Å². The number of hydrogen-bond donors (Lipinski definition) is 1. The fraction of sp³-hybridized carbons (Fsp3) is 0.286. The Kier molecular flexibility index (Phi) is 5.79. The van der Waals surface area contributed by atoms with Gasteiger partial charge >= 0.3 is 0 Å². The van der Waals surface area contributed by atoms with Crippen molar-refractivity contribution in [2.24, 2.45) is 5.10 Å². The number of hydrazone groups is 1. The van der Waals surface area contributed by atoms with Crippen LogP contribution in [0.5, 0.6) is 11.5 Å². The molecular formula is C21H25N3O2. The highest BCUT2D eigenvalue weighted by Crippen LogP contribution is 2.28. The van der Waals surface area contributed by atoms with Gasteiger partial charge in [-0.3, -0.25) is 5.01 Å². The average molecular weight is 351 g/mol. The second-order valence-electron chi connectivity index (χ2n) is 6.20. The number of methoxy groups -OCH3 is 1. The van der Waals surface area contributed by atoms with E-state index >= 15 is 0 Å². The minimum Gasteiger partial charge on any atom is -0.507 e. The van der Waals surface area contributed by atoms with Gasteiger partial charge in [-0.1, -0.05) is 30.3 Å². The van der Waals surface area contributed by atoms with Crippen LogP contribution in [0.3, 0.4) is 0 Å². The van der Waals surface area contributed by atoms with Gasteiger partial charge in [-0.15, -0.1) is 6.58 Å². The molecule has 0 radical (unpaired) electrons. The number of hydrogen-bond acceptors (Lipinski definition) is 5. The molecule has 1 fully saturated rings. The molecule has 1 N–H and O–H groups in total. The van der Waals surface area contributed by atoms with E-state index in [9.17, 15) is 5.11 Å². The van der Waals surface area contributed by atoms with E-state index in [1.54, 1.807) is 19.4 Å². The van der Waals surface area contributed by atoms with E-state index in [1.807, 2.05) is 41.4 Å². The van der Waals surface area contributed by atoms with Crippen LogP contribution in [-0.4, -0.2) is 49.6 Å². The third-order valence-corrected chi connectivity index (χ3v) is 4.56. The fourth-order valence-electron chi connectivity index (χ4n) is 3.12. The second kappa shape index (κ2) is 8.43. The molecule has 3 rings (SSSR count). The maximum Gasteiger partial charge on any atom is 0.142 e. The lowest BCUT2D eigenvalue weighted by molar-refractivity contribution is 0.271. The van der Waals surface area contributed by atoms with Gasteiger partial charge in [-0.25, -0.2) is 0 Å². The zero-order valence-electron chi connectivity index (χ0n) is 15.1.